The summed E-state index contributed by atoms with van der Waals surface area (Å²) < 4.78 is 29.8. The minimum atomic E-state index is -3.00. The summed E-state index contributed by atoms with van der Waals surface area (Å²) in [5, 5.41) is 21.7. The summed E-state index contributed by atoms with van der Waals surface area (Å²) in [6, 6.07) is 10.1. The maximum absolute atomic E-state index is 13.6. The van der Waals surface area contributed by atoms with Gasteiger partial charge in [-0.2, -0.15) is 19.1 Å². The molecule has 2 aliphatic carbocycles. The number of carbonyl (C=O) groups is 1. The Morgan fingerprint density at radius 2 is 1.90 bits per heavy atom. The number of hydrogen-bond donors (Lipinski definition) is 3. The molecule has 2 aromatic rings. The van der Waals surface area contributed by atoms with Gasteiger partial charge in [0.25, 0.3) is 0 Å². The molecule has 0 saturated heterocycles. The standard InChI is InChI=1S/C26H25Cl2F2N7O2/c27-19-9-4-14(10-20(19)28)22-21(35-23(38)26(32,15-5-6-15)16-7-8-16)12-37(36-22)25(33-13-31)34-17-2-1-3-18(11-17)39-24(29)30/h1-4,9-11,15-16,21,24H,5-8,12,32H2,(H,33,34)(H,35,38). The number of carbonyl (C=O) groups excluding carboxylic acids is 1. The van der Waals surface area contributed by atoms with E-state index in [0.717, 1.165) is 25.7 Å². The van der Waals surface area contributed by atoms with Gasteiger partial charge >= 0.3 is 6.61 Å². The lowest BCUT2D eigenvalue weighted by Gasteiger charge is -2.30. The largest absolute Gasteiger partial charge is 0.435 e. The number of hydrazone groups is 1. The first-order valence-electron chi connectivity index (χ1n) is 12.4. The summed E-state index contributed by atoms with van der Waals surface area (Å²) in [6.07, 6.45) is 5.50. The molecular weight excluding hydrogens is 551 g/mol. The summed E-state index contributed by atoms with van der Waals surface area (Å²) in [5.41, 5.74) is 7.09. The number of alkyl halides is 2. The number of halogens is 4. The predicted molar refractivity (Wildman–Crippen MR) is 143 cm³/mol. The van der Waals surface area contributed by atoms with Crippen molar-refractivity contribution in [3.05, 3.63) is 58.1 Å². The second kappa shape index (κ2) is 11.0. The van der Waals surface area contributed by atoms with Crippen LogP contribution in [0.1, 0.15) is 31.2 Å². The number of amides is 1. The van der Waals surface area contributed by atoms with E-state index in [9.17, 15) is 18.8 Å². The smallest absolute Gasteiger partial charge is 0.387 e. The fourth-order valence-corrected chi connectivity index (χ4v) is 5.12. The third-order valence-electron chi connectivity index (χ3n) is 7.02. The van der Waals surface area contributed by atoms with Gasteiger partial charge < -0.3 is 15.8 Å². The van der Waals surface area contributed by atoms with Gasteiger partial charge in [-0.3, -0.25) is 10.1 Å². The first kappa shape index (κ1) is 27.1. The Bertz CT molecular complexity index is 1360. The Morgan fingerprint density at radius 1 is 1.18 bits per heavy atom. The number of guanidine groups is 1. The summed E-state index contributed by atoms with van der Waals surface area (Å²) in [6.45, 7) is -2.88. The fourth-order valence-electron chi connectivity index (χ4n) is 4.82. The van der Waals surface area contributed by atoms with Gasteiger partial charge in [-0.1, -0.05) is 35.3 Å². The van der Waals surface area contributed by atoms with E-state index in [2.05, 4.69) is 25.5 Å². The highest BCUT2D eigenvalue weighted by Gasteiger charge is 2.57. The number of rotatable bonds is 8. The zero-order chi connectivity index (χ0) is 27.7. The van der Waals surface area contributed by atoms with Crippen LogP contribution in [-0.4, -0.2) is 47.3 Å². The number of nitrogens with zero attached hydrogens (tertiary/aromatic N) is 4. The maximum Gasteiger partial charge on any atom is 0.387 e. The predicted octanol–water partition coefficient (Wildman–Crippen LogP) is 4.38. The number of aliphatic imine (C=N–C) groups is 1. The van der Waals surface area contributed by atoms with E-state index in [1.54, 1.807) is 24.3 Å². The minimum Gasteiger partial charge on any atom is -0.435 e. The first-order valence-corrected chi connectivity index (χ1v) is 13.1. The molecule has 1 unspecified atom stereocenters. The molecule has 2 saturated carbocycles. The van der Waals surface area contributed by atoms with Crippen LogP contribution in [0, 0.1) is 23.3 Å². The second-order valence-electron chi connectivity index (χ2n) is 9.75. The Hall–Kier alpha value is -3.46. The van der Waals surface area contributed by atoms with Gasteiger partial charge in [-0.05, 0) is 61.8 Å². The van der Waals surface area contributed by atoms with Crippen molar-refractivity contribution < 1.29 is 18.3 Å². The molecule has 0 aromatic heterocycles. The van der Waals surface area contributed by atoms with Gasteiger partial charge in [-0.25, -0.2) is 10.0 Å². The van der Waals surface area contributed by atoms with Gasteiger partial charge in [0.1, 0.15) is 11.3 Å². The molecule has 39 heavy (non-hydrogen) atoms. The van der Waals surface area contributed by atoms with Crippen molar-refractivity contribution in [2.24, 2.45) is 27.7 Å². The van der Waals surface area contributed by atoms with Crippen molar-refractivity contribution in [1.82, 2.24) is 15.6 Å². The second-order valence-corrected chi connectivity index (χ2v) is 10.6. The van der Waals surface area contributed by atoms with Crippen LogP contribution in [0.3, 0.4) is 0 Å². The molecule has 2 fully saturated rings. The molecule has 13 heteroatoms. The highest BCUT2D eigenvalue weighted by molar-refractivity contribution is 6.42. The van der Waals surface area contributed by atoms with E-state index in [0.29, 0.717) is 21.3 Å². The van der Waals surface area contributed by atoms with Gasteiger partial charge in [0.2, 0.25) is 11.9 Å². The highest BCUT2D eigenvalue weighted by Crippen LogP contribution is 2.50. The number of ether oxygens (including phenoxy) is 1. The van der Waals surface area contributed by atoms with E-state index >= 15 is 0 Å². The maximum atomic E-state index is 13.6. The van der Waals surface area contributed by atoms with Crippen LogP contribution in [0.4, 0.5) is 14.5 Å². The topological polar surface area (TPSA) is 128 Å². The molecule has 2 aromatic carbocycles. The van der Waals surface area contributed by atoms with Crippen molar-refractivity contribution in [3.63, 3.8) is 0 Å². The summed E-state index contributed by atoms with van der Waals surface area (Å²) in [7, 11) is 0. The fraction of sp³-hybridized carbons (Fsp3) is 0.385. The van der Waals surface area contributed by atoms with Crippen LogP contribution in [-0.2, 0) is 4.79 Å². The van der Waals surface area contributed by atoms with E-state index in [-0.39, 0.29) is 41.7 Å². The number of nitrogens with two attached hydrogens (primary N) is 1. The summed E-state index contributed by atoms with van der Waals surface area (Å²) >= 11 is 12.4. The average Bonchev–Trinajstić information content (AvgIpc) is 3.82. The highest BCUT2D eigenvalue weighted by atomic mass is 35.5. The summed E-state index contributed by atoms with van der Waals surface area (Å²) in [5.74, 6) is -0.0189. The molecule has 0 radical (unpaired) electrons. The van der Waals surface area contributed by atoms with Crippen LogP contribution in [0.2, 0.25) is 10.0 Å². The Morgan fingerprint density at radius 3 is 2.51 bits per heavy atom. The van der Waals surface area contributed by atoms with Gasteiger partial charge in [0, 0.05) is 11.6 Å². The quantitative estimate of drug-likeness (QED) is 0.185. The monoisotopic (exact) mass is 575 g/mol. The molecular formula is C26H25Cl2F2N7O2. The Labute approximate surface area is 233 Å². The van der Waals surface area contributed by atoms with E-state index in [1.807, 2.05) is 6.19 Å². The SMILES string of the molecule is N#CNC(=Nc1cccc(OC(F)F)c1)N1CC(NC(=O)C(N)(C2CC2)C2CC2)C(c2ccc(Cl)c(Cl)c2)=N1. The van der Waals surface area contributed by atoms with Crippen molar-refractivity contribution in [2.75, 3.05) is 6.54 Å². The van der Waals surface area contributed by atoms with Crippen LogP contribution in [0.15, 0.2) is 52.6 Å². The van der Waals surface area contributed by atoms with Gasteiger partial charge in [-0.15, -0.1) is 0 Å². The number of hydrogen-bond acceptors (Lipinski definition) is 6. The zero-order valence-corrected chi connectivity index (χ0v) is 22.1. The number of nitriles is 1. The third-order valence-corrected chi connectivity index (χ3v) is 7.76. The van der Waals surface area contributed by atoms with Crippen molar-refractivity contribution in [3.8, 4) is 11.9 Å². The first-order chi connectivity index (χ1) is 18.7. The zero-order valence-electron chi connectivity index (χ0n) is 20.6. The van der Waals surface area contributed by atoms with Crippen LogP contribution in [0.25, 0.3) is 0 Å². The van der Waals surface area contributed by atoms with Crippen LogP contribution < -0.4 is 21.1 Å². The van der Waals surface area contributed by atoms with Crippen LogP contribution in [0.5, 0.6) is 5.75 Å². The molecule has 1 aliphatic heterocycles. The molecule has 0 spiro atoms. The van der Waals surface area contributed by atoms with Gasteiger partial charge in [0.05, 0.1) is 34.0 Å². The molecule has 1 heterocycles. The molecule has 5 rings (SSSR count). The normalized spacial score (nSPS) is 19.5. The van der Waals surface area contributed by atoms with E-state index in [4.69, 9.17) is 28.9 Å². The Balaban J connectivity index is 1.47. The molecule has 4 N–H and O–H groups in total. The lowest BCUT2D eigenvalue weighted by molar-refractivity contribution is -0.128. The average molecular weight is 576 g/mol. The molecule has 9 nitrogen and oxygen atoms in total. The van der Waals surface area contributed by atoms with Gasteiger partial charge in [0.15, 0.2) is 6.19 Å². The lowest BCUT2D eigenvalue weighted by atomic mass is 9.87. The molecule has 3 aliphatic rings. The van der Waals surface area contributed by atoms with Crippen molar-refractivity contribution in [2.45, 2.75) is 43.9 Å². The van der Waals surface area contributed by atoms with Crippen molar-refractivity contribution >= 4 is 46.5 Å². The molecule has 1 amide bonds. The lowest BCUT2D eigenvalue weighted by Crippen LogP contribution is -2.61. The third kappa shape index (κ3) is 5.93. The van der Waals surface area contributed by atoms with E-state index in [1.165, 1.54) is 23.2 Å². The summed E-state index contributed by atoms with van der Waals surface area (Å²) in [4.78, 5) is 18.0. The van der Waals surface area contributed by atoms with E-state index < -0.39 is 18.2 Å². The number of benzene rings is 2. The Kier molecular flexibility index (Phi) is 7.62. The van der Waals surface area contributed by atoms with Crippen molar-refractivity contribution in [1.29, 1.82) is 5.26 Å². The minimum absolute atomic E-state index is 0.0180. The molecule has 204 valence electrons. The molecule has 1 atom stereocenters. The van der Waals surface area contributed by atoms with Crippen LogP contribution >= 0.6 is 23.2 Å². The molecule has 0 bridgehead atoms. The number of nitrogens with one attached hydrogen (secondary N) is 2.